The third-order valence-electron chi connectivity index (χ3n) is 1.93. The molecule has 16 heavy (non-hydrogen) atoms. The number of hydrogen-bond donors (Lipinski definition) is 0. The summed E-state index contributed by atoms with van der Waals surface area (Å²) in [6.45, 7) is 3.49. The summed E-state index contributed by atoms with van der Waals surface area (Å²) in [5, 5.41) is 0. The average Bonchev–Trinajstić information content (AvgIpc) is 2.16. The largest absolute Gasteiger partial charge is 0.463 e. The van der Waals surface area contributed by atoms with Crippen molar-refractivity contribution < 1.29 is 14.3 Å². The molecule has 1 rings (SSSR count). The Labute approximate surface area is 100 Å². The monoisotopic (exact) mass is 238 g/mol. The van der Waals surface area contributed by atoms with Crippen LogP contribution in [0, 0.1) is 0 Å². The van der Waals surface area contributed by atoms with Gasteiger partial charge in [0.05, 0.1) is 6.10 Å². The summed E-state index contributed by atoms with van der Waals surface area (Å²) in [6, 6.07) is 0. The average molecular weight is 238 g/mol. The highest BCUT2D eigenvalue weighted by Gasteiger charge is 2.16. The van der Waals surface area contributed by atoms with E-state index in [2.05, 4.69) is 0 Å². The molecule has 0 spiro atoms. The lowest BCUT2D eigenvalue weighted by atomic mass is 10.0. The van der Waals surface area contributed by atoms with E-state index in [0.29, 0.717) is 16.9 Å². The van der Waals surface area contributed by atoms with Crippen molar-refractivity contribution in [2.24, 2.45) is 0 Å². The first-order chi connectivity index (χ1) is 7.49. The Morgan fingerprint density at radius 3 is 2.75 bits per heavy atom. The van der Waals surface area contributed by atoms with Crippen molar-refractivity contribution in [1.29, 1.82) is 0 Å². The van der Waals surface area contributed by atoms with Crippen LogP contribution in [-0.4, -0.2) is 22.7 Å². The third-order valence-corrected chi connectivity index (χ3v) is 2.21. The SMILES string of the molecule is CC(C)OC(=O)CC(=O)C1=CC(=S)CC=C1. The van der Waals surface area contributed by atoms with Crippen LogP contribution in [0.5, 0.6) is 0 Å². The Kier molecular flexibility index (Phi) is 4.55. The van der Waals surface area contributed by atoms with Gasteiger partial charge in [-0.1, -0.05) is 24.4 Å². The van der Waals surface area contributed by atoms with Gasteiger partial charge in [-0.25, -0.2) is 0 Å². The molecule has 0 unspecified atom stereocenters. The summed E-state index contributed by atoms with van der Waals surface area (Å²) in [4.78, 5) is 23.6. The van der Waals surface area contributed by atoms with E-state index in [4.69, 9.17) is 17.0 Å². The minimum Gasteiger partial charge on any atom is -0.463 e. The summed E-state index contributed by atoms with van der Waals surface area (Å²) in [5.41, 5.74) is 0.483. The molecule has 0 radical (unpaired) electrons. The van der Waals surface area contributed by atoms with Gasteiger partial charge in [0, 0.05) is 16.9 Å². The van der Waals surface area contributed by atoms with Crippen molar-refractivity contribution in [3.05, 3.63) is 23.8 Å². The second-order valence-electron chi connectivity index (χ2n) is 3.81. The van der Waals surface area contributed by atoms with Crippen LogP contribution in [0.15, 0.2) is 23.8 Å². The quantitative estimate of drug-likeness (QED) is 0.427. The van der Waals surface area contributed by atoms with E-state index in [-0.39, 0.29) is 18.3 Å². The maximum atomic E-state index is 11.7. The minimum atomic E-state index is -0.495. The molecular formula is C12H14O3S. The molecule has 1 aliphatic carbocycles. The number of thiocarbonyl (C=S) groups is 1. The molecule has 1 aliphatic rings. The fourth-order valence-corrected chi connectivity index (χ4v) is 1.52. The molecule has 0 aromatic heterocycles. The number of Topliss-reactive ketones (excluding diaryl/α,β-unsaturated/α-hetero) is 1. The minimum absolute atomic E-state index is 0.197. The van der Waals surface area contributed by atoms with Crippen molar-refractivity contribution in [2.45, 2.75) is 32.8 Å². The molecule has 0 aromatic rings. The number of carbonyl (C=O) groups is 2. The Morgan fingerprint density at radius 1 is 1.50 bits per heavy atom. The second-order valence-corrected chi connectivity index (χ2v) is 4.34. The van der Waals surface area contributed by atoms with E-state index in [1.807, 2.05) is 6.08 Å². The maximum absolute atomic E-state index is 11.7. The van der Waals surface area contributed by atoms with Crippen molar-refractivity contribution in [2.75, 3.05) is 0 Å². The summed E-state index contributed by atoms with van der Waals surface area (Å²) in [6.07, 6.45) is 5.42. The molecule has 86 valence electrons. The molecule has 0 aromatic carbocycles. The van der Waals surface area contributed by atoms with Gasteiger partial charge in [0.1, 0.15) is 6.42 Å². The van der Waals surface area contributed by atoms with Gasteiger partial charge in [0.2, 0.25) is 0 Å². The lowest BCUT2D eigenvalue weighted by molar-refractivity contribution is -0.148. The van der Waals surface area contributed by atoms with Gasteiger partial charge in [-0.05, 0) is 19.9 Å². The lowest BCUT2D eigenvalue weighted by Crippen LogP contribution is -2.17. The normalized spacial score (nSPS) is 14.9. The molecule has 0 N–H and O–H groups in total. The molecular weight excluding hydrogens is 224 g/mol. The highest BCUT2D eigenvalue weighted by Crippen LogP contribution is 2.11. The van der Waals surface area contributed by atoms with Crippen LogP contribution in [0.4, 0.5) is 0 Å². The zero-order valence-electron chi connectivity index (χ0n) is 9.36. The van der Waals surface area contributed by atoms with E-state index in [1.54, 1.807) is 26.0 Å². The number of carbonyl (C=O) groups excluding carboxylic acids is 2. The number of rotatable bonds is 4. The summed E-state index contributed by atoms with van der Waals surface area (Å²) < 4.78 is 4.89. The fourth-order valence-electron chi connectivity index (χ4n) is 1.29. The predicted octanol–water partition coefficient (Wildman–Crippen LogP) is 2.15. The van der Waals surface area contributed by atoms with E-state index in [1.165, 1.54) is 0 Å². The highest BCUT2D eigenvalue weighted by atomic mass is 32.1. The number of esters is 1. The Bertz CT molecular complexity index is 378. The number of allylic oxidation sites excluding steroid dienone is 4. The predicted molar refractivity (Wildman–Crippen MR) is 65.3 cm³/mol. The van der Waals surface area contributed by atoms with Gasteiger partial charge in [-0.15, -0.1) is 0 Å². The maximum Gasteiger partial charge on any atom is 0.313 e. The van der Waals surface area contributed by atoms with Crippen LogP contribution in [-0.2, 0) is 14.3 Å². The zero-order chi connectivity index (χ0) is 12.1. The van der Waals surface area contributed by atoms with E-state index in [9.17, 15) is 9.59 Å². The van der Waals surface area contributed by atoms with Crippen LogP contribution in [0.25, 0.3) is 0 Å². The van der Waals surface area contributed by atoms with Crippen molar-refractivity contribution in [3.63, 3.8) is 0 Å². The Hall–Kier alpha value is -1.29. The van der Waals surface area contributed by atoms with Crippen LogP contribution in [0.2, 0.25) is 0 Å². The number of ether oxygens (including phenoxy) is 1. The van der Waals surface area contributed by atoms with Gasteiger partial charge in [-0.2, -0.15) is 0 Å². The highest BCUT2D eigenvalue weighted by molar-refractivity contribution is 7.80. The second kappa shape index (κ2) is 5.70. The Balaban J connectivity index is 2.56. The first-order valence-corrected chi connectivity index (χ1v) is 5.53. The third kappa shape index (κ3) is 4.06. The van der Waals surface area contributed by atoms with Crippen molar-refractivity contribution >= 4 is 28.8 Å². The molecule has 0 aliphatic heterocycles. The molecule has 0 bridgehead atoms. The molecule has 0 saturated heterocycles. The summed E-state index contributed by atoms with van der Waals surface area (Å²) in [7, 11) is 0. The van der Waals surface area contributed by atoms with Gasteiger partial charge in [-0.3, -0.25) is 9.59 Å². The first-order valence-electron chi connectivity index (χ1n) is 5.13. The van der Waals surface area contributed by atoms with Gasteiger partial charge >= 0.3 is 5.97 Å². The van der Waals surface area contributed by atoms with E-state index < -0.39 is 5.97 Å². The summed E-state index contributed by atoms with van der Waals surface area (Å²) >= 11 is 4.99. The van der Waals surface area contributed by atoms with Crippen LogP contribution in [0.1, 0.15) is 26.7 Å². The Morgan fingerprint density at radius 2 is 2.19 bits per heavy atom. The fraction of sp³-hybridized carbons (Fsp3) is 0.417. The zero-order valence-corrected chi connectivity index (χ0v) is 10.2. The molecule has 0 fully saturated rings. The molecule has 3 nitrogen and oxygen atoms in total. The van der Waals surface area contributed by atoms with Crippen LogP contribution >= 0.6 is 12.2 Å². The van der Waals surface area contributed by atoms with Gasteiger partial charge in [0.15, 0.2) is 5.78 Å². The molecule has 0 atom stereocenters. The number of ketones is 1. The van der Waals surface area contributed by atoms with Crippen LogP contribution in [0.3, 0.4) is 0 Å². The van der Waals surface area contributed by atoms with Crippen LogP contribution < -0.4 is 0 Å². The molecule has 4 heteroatoms. The molecule has 0 amide bonds. The first kappa shape index (κ1) is 12.8. The molecule has 0 saturated carbocycles. The topological polar surface area (TPSA) is 43.4 Å². The lowest BCUT2D eigenvalue weighted by Gasteiger charge is -2.09. The molecule has 0 heterocycles. The van der Waals surface area contributed by atoms with Crippen molar-refractivity contribution in [1.82, 2.24) is 0 Å². The van der Waals surface area contributed by atoms with Crippen molar-refractivity contribution in [3.8, 4) is 0 Å². The van der Waals surface area contributed by atoms with Gasteiger partial charge in [0.25, 0.3) is 0 Å². The summed E-state index contributed by atoms with van der Waals surface area (Å²) in [5.74, 6) is -0.741. The van der Waals surface area contributed by atoms with Gasteiger partial charge < -0.3 is 4.74 Å². The van der Waals surface area contributed by atoms with E-state index >= 15 is 0 Å². The van der Waals surface area contributed by atoms with E-state index in [0.717, 1.165) is 0 Å². The smallest absolute Gasteiger partial charge is 0.313 e. The number of hydrogen-bond acceptors (Lipinski definition) is 4. The standard InChI is InChI=1S/C12H14O3S/c1-8(2)15-12(14)7-11(13)9-4-3-5-10(16)6-9/h3-4,6,8H,5,7H2,1-2H3.